The molecule has 0 saturated heterocycles. The number of ether oxygens (including phenoxy) is 2. The van der Waals surface area contributed by atoms with Gasteiger partial charge in [0.05, 0.1) is 26.2 Å². The number of pyridine rings is 1. The second-order valence-electron chi connectivity index (χ2n) is 10.8. The SMILES string of the molecule is COc1ccc(CSSCc2c(C)c(OC)cc[n+]2-c2nc3cc4c(cc3[nH]2)C(C)(C)C(=O)C4(C)C)cc1. The highest BCUT2D eigenvalue weighted by molar-refractivity contribution is 8.76. The molecule has 0 amide bonds. The highest BCUT2D eigenvalue weighted by Crippen LogP contribution is 2.47. The standard InChI is InChI=1S/C30H34N3O3S2/c1-18-25(17-38-37-16-19-8-10-20(35-6)11-9-19)33(13-12-26(18)36-7)28-31-23-14-21-22(15-24(23)32-28)30(4,5)27(34)29(21,2)3/h8-15H,16-17H2,1-7H3,(H,31,32)/q+1. The molecule has 2 heterocycles. The number of benzene rings is 2. The zero-order valence-corrected chi connectivity index (χ0v) is 24.6. The number of H-pyrrole nitrogens is 1. The van der Waals surface area contributed by atoms with E-state index in [0.29, 0.717) is 0 Å². The summed E-state index contributed by atoms with van der Waals surface area (Å²) in [5.41, 5.74) is 6.37. The number of imidazole rings is 1. The Morgan fingerprint density at radius 2 is 1.58 bits per heavy atom. The molecule has 5 rings (SSSR count). The number of hydrogen-bond donors (Lipinski definition) is 1. The van der Waals surface area contributed by atoms with Gasteiger partial charge < -0.3 is 9.47 Å². The van der Waals surface area contributed by atoms with E-state index < -0.39 is 10.8 Å². The number of nitrogens with one attached hydrogen (secondary N) is 1. The van der Waals surface area contributed by atoms with Crippen LogP contribution in [-0.4, -0.2) is 30.0 Å². The molecule has 0 radical (unpaired) electrons. The fourth-order valence-corrected chi connectivity index (χ4v) is 7.63. The Morgan fingerprint density at radius 3 is 2.24 bits per heavy atom. The fourth-order valence-electron chi connectivity index (χ4n) is 5.42. The van der Waals surface area contributed by atoms with Crippen LogP contribution in [-0.2, 0) is 27.1 Å². The van der Waals surface area contributed by atoms with Crippen molar-refractivity contribution in [3.05, 3.63) is 76.6 Å². The number of aromatic amines is 1. The van der Waals surface area contributed by atoms with Crippen molar-refractivity contribution in [3.8, 4) is 17.4 Å². The summed E-state index contributed by atoms with van der Waals surface area (Å²) in [6, 6.07) is 14.4. The molecule has 2 aromatic heterocycles. The Labute approximate surface area is 231 Å². The number of nitrogens with zero attached hydrogens (tertiary/aromatic N) is 2. The van der Waals surface area contributed by atoms with Gasteiger partial charge in [0.1, 0.15) is 22.7 Å². The number of Topliss-reactive ketones (excluding diaryl/α,β-unsaturated/α-hetero) is 1. The van der Waals surface area contributed by atoms with Crippen LogP contribution in [0.25, 0.3) is 17.0 Å². The van der Waals surface area contributed by atoms with Crippen molar-refractivity contribution in [2.24, 2.45) is 0 Å². The first-order chi connectivity index (χ1) is 18.1. The molecule has 0 bridgehead atoms. The topological polar surface area (TPSA) is 68.1 Å². The molecule has 1 aliphatic carbocycles. The van der Waals surface area contributed by atoms with Crippen molar-refractivity contribution >= 4 is 38.4 Å². The average Bonchev–Trinajstić information content (AvgIpc) is 3.38. The van der Waals surface area contributed by atoms with Crippen LogP contribution in [0.3, 0.4) is 0 Å². The summed E-state index contributed by atoms with van der Waals surface area (Å²) in [6.45, 7) is 10.2. The molecule has 0 fully saturated rings. The monoisotopic (exact) mass is 548 g/mol. The minimum absolute atomic E-state index is 0.250. The van der Waals surface area contributed by atoms with Gasteiger partial charge in [-0.3, -0.25) is 4.79 Å². The molecule has 0 atom stereocenters. The van der Waals surface area contributed by atoms with Crippen molar-refractivity contribution in [2.45, 2.75) is 57.0 Å². The number of fused-ring (bicyclic) bond motifs is 2. The average molecular weight is 549 g/mol. The zero-order valence-electron chi connectivity index (χ0n) is 23.0. The Balaban J connectivity index is 1.45. The van der Waals surface area contributed by atoms with Crippen molar-refractivity contribution in [1.82, 2.24) is 9.97 Å². The molecule has 0 aliphatic heterocycles. The minimum atomic E-state index is -0.529. The van der Waals surface area contributed by atoms with Gasteiger partial charge in [-0.1, -0.05) is 38.7 Å². The lowest BCUT2D eigenvalue weighted by Gasteiger charge is -2.21. The lowest BCUT2D eigenvalue weighted by atomic mass is 9.80. The summed E-state index contributed by atoms with van der Waals surface area (Å²) in [6.07, 6.45) is 2.01. The van der Waals surface area contributed by atoms with Crippen LogP contribution >= 0.6 is 21.6 Å². The Bertz CT molecular complexity index is 1470. The summed E-state index contributed by atoms with van der Waals surface area (Å²) in [4.78, 5) is 21.6. The van der Waals surface area contributed by atoms with Crippen LogP contribution in [0, 0.1) is 6.92 Å². The largest absolute Gasteiger partial charge is 0.497 e. The molecule has 1 aliphatic rings. The summed E-state index contributed by atoms with van der Waals surface area (Å²) in [7, 11) is 7.01. The van der Waals surface area contributed by atoms with Crippen molar-refractivity contribution < 1.29 is 18.8 Å². The molecule has 0 unspecified atom stereocenters. The number of carbonyl (C=O) groups excluding carboxylic acids is 1. The molecule has 2 aromatic carbocycles. The predicted octanol–water partition coefficient (Wildman–Crippen LogP) is 6.38. The highest BCUT2D eigenvalue weighted by atomic mass is 33.1. The molecule has 38 heavy (non-hydrogen) atoms. The second-order valence-corrected chi connectivity index (χ2v) is 13.2. The number of aromatic nitrogens is 3. The maximum absolute atomic E-state index is 13.1. The lowest BCUT2D eigenvalue weighted by Crippen LogP contribution is -2.37. The zero-order chi connectivity index (χ0) is 27.2. The number of carbonyl (C=O) groups is 1. The van der Waals surface area contributed by atoms with E-state index in [0.717, 1.165) is 62.4 Å². The van der Waals surface area contributed by atoms with Gasteiger partial charge in [-0.15, -0.1) is 0 Å². The number of hydrogen-bond acceptors (Lipinski definition) is 6. The van der Waals surface area contributed by atoms with Crippen LogP contribution < -0.4 is 14.0 Å². The third-order valence-electron chi connectivity index (χ3n) is 7.67. The first-order valence-electron chi connectivity index (χ1n) is 12.6. The second kappa shape index (κ2) is 9.97. The molecule has 198 valence electrons. The van der Waals surface area contributed by atoms with Gasteiger partial charge in [0.2, 0.25) is 0 Å². The van der Waals surface area contributed by atoms with E-state index in [4.69, 9.17) is 14.5 Å². The van der Waals surface area contributed by atoms with E-state index >= 15 is 0 Å². The Kier molecular flexibility index (Phi) is 6.99. The fraction of sp³-hybridized carbons (Fsp3) is 0.367. The van der Waals surface area contributed by atoms with Crippen molar-refractivity contribution in [3.63, 3.8) is 0 Å². The molecular weight excluding hydrogens is 514 g/mol. The third kappa shape index (κ3) is 4.47. The predicted molar refractivity (Wildman–Crippen MR) is 156 cm³/mol. The van der Waals surface area contributed by atoms with Crippen molar-refractivity contribution in [1.29, 1.82) is 0 Å². The smallest absolute Gasteiger partial charge is 0.402 e. The van der Waals surface area contributed by atoms with Gasteiger partial charge in [-0.2, -0.15) is 0 Å². The number of rotatable bonds is 8. The maximum Gasteiger partial charge on any atom is 0.402 e. The summed E-state index contributed by atoms with van der Waals surface area (Å²) in [5, 5.41) is 0. The summed E-state index contributed by atoms with van der Waals surface area (Å²) >= 11 is 0. The van der Waals surface area contributed by atoms with E-state index in [1.54, 1.807) is 14.2 Å². The van der Waals surface area contributed by atoms with Crippen LogP contribution in [0.15, 0.2) is 48.7 Å². The molecular formula is C30H34N3O3S2+. The normalized spacial score (nSPS) is 15.6. The van der Waals surface area contributed by atoms with Gasteiger partial charge in [-0.25, -0.2) is 9.55 Å². The van der Waals surface area contributed by atoms with Gasteiger partial charge >= 0.3 is 5.95 Å². The van der Waals surface area contributed by atoms with Crippen LogP contribution in [0.1, 0.15) is 55.6 Å². The minimum Gasteiger partial charge on any atom is -0.497 e. The molecule has 0 spiro atoms. The van der Waals surface area contributed by atoms with E-state index in [1.165, 1.54) is 5.56 Å². The van der Waals surface area contributed by atoms with Gasteiger partial charge in [0.25, 0.3) is 0 Å². The number of methoxy groups -OCH3 is 2. The van der Waals surface area contributed by atoms with Crippen LogP contribution in [0.4, 0.5) is 0 Å². The highest BCUT2D eigenvalue weighted by Gasteiger charge is 2.50. The molecule has 1 N–H and O–H groups in total. The van der Waals surface area contributed by atoms with E-state index in [1.807, 2.05) is 73.7 Å². The molecule has 4 aromatic rings. The van der Waals surface area contributed by atoms with Gasteiger partial charge in [-0.05, 0) is 75.6 Å². The Morgan fingerprint density at radius 1 is 0.921 bits per heavy atom. The molecule has 6 nitrogen and oxygen atoms in total. The van der Waals surface area contributed by atoms with Gasteiger partial charge in [0.15, 0.2) is 11.3 Å². The van der Waals surface area contributed by atoms with E-state index in [-0.39, 0.29) is 5.78 Å². The first-order valence-corrected chi connectivity index (χ1v) is 15.1. The molecule has 8 heteroatoms. The Hall–Kier alpha value is -2.97. The molecule has 0 saturated carbocycles. The lowest BCUT2D eigenvalue weighted by molar-refractivity contribution is -0.610. The number of ketones is 1. The summed E-state index contributed by atoms with van der Waals surface area (Å²) < 4.78 is 13.0. The van der Waals surface area contributed by atoms with Gasteiger partial charge in [0, 0.05) is 28.2 Å². The van der Waals surface area contributed by atoms with E-state index in [2.05, 4.69) is 40.7 Å². The third-order valence-corrected chi connectivity index (χ3v) is 9.89. The first kappa shape index (κ1) is 26.6. The van der Waals surface area contributed by atoms with Crippen LogP contribution in [0.2, 0.25) is 0 Å². The van der Waals surface area contributed by atoms with E-state index in [9.17, 15) is 4.79 Å². The van der Waals surface area contributed by atoms with Crippen molar-refractivity contribution in [2.75, 3.05) is 14.2 Å². The maximum atomic E-state index is 13.1. The quantitative estimate of drug-likeness (QED) is 0.156. The summed E-state index contributed by atoms with van der Waals surface area (Å²) in [5.74, 6) is 4.42. The van der Waals surface area contributed by atoms with Crippen LogP contribution in [0.5, 0.6) is 11.5 Å².